The van der Waals surface area contributed by atoms with Gasteiger partial charge < -0.3 is 5.32 Å². The summed E-state index contributed by atoms with van der Waals surface area (Å²) in [6.45, 7) is 3.95. The first-order chi connectivity index (χ1) is 10.3. The zero-order chi connectivity index (χ0) is 16.7. The van der Waals surface area contributed by atoms with E-state index in [9.17, 15) is 24.5 Å². The summed E-state index contributed by atoms with van der Waals surface area (Å²) in [6.07, 6.45) is 1.73. The van der Waals surface area contributed by atoms with E-state index >= 15 is 0 Å². The van der Waals surface area contributed by atoms with Crippen LogP contribution in [0.3, 0.4) is 0 Å². The molecule has 1 aromatic heterocycles. The Labute approximate surface area is 126 Å². The second-order valence-electron chi connectivity index (χ2n) is 5.10. The Morgan fingerprint density at radius 3 is 2.64 bits per heavy atom. The van der Waals surface area contributed by atoms with E-state index in [2.05, 4.69) is 10.6 Å². The third-order valence-electron chi connectivity index (χ3n) is 2.75. The highest BCUT2D eigenvalue weighted by molar-refractivity contribution is 5.94. The first-order valence-corrected chi connectivity index (χ1v) is 6.72. The van der Waals surface area contributed by atoms with Gasteiger partial charge in [-0.15, -0.1) is 0 Å². The van der Waals surface area contributed by atoms with Crippen LogP contribution in [0, 0.1) is 16.0 Å². The standard InChI is InChI=1S/C13H18N4O5/c1-9(2)5-6-14-13(20)15-11(18)8-16-7-10(17(21)22)3-4-12(16)19/h3-4,7,9H,5-6,8H2,1-2H3,(H2,14,15,18,20). The van der Waals surface area contributed by atoms with Crippen molar-refractivity contribution in [2.75, 3.05) is 6.54 Å². The van der Waals surface area contributed by atoms with Gasteiger partial charge in [0.1, 0.15) is 6.54 Å². The average Bonchev–Trinajstić information content (AvgIpc) is 2.40. The third kappa shape index (κ3) is 5.73. The Kier molecular flexibility index (Phi) is 6.24. The number of rotatable bonds is 6. The van der Waals surface area contributed by atoms with Crippen LogP contribution in [0.5, 0.6) is 0 Å². The first-order valence-electron chi connectivity index (χ1n) is 6.72. The molecule has 0 aliphatic heterocycles. The topological polar surface area (TPSA) is 123 Å². The summed E-state index contributed by atoms with van der Waals surface area (Å²) < 4.78 is 0.870. The summed E-state index contributed by atoms with van der Waals surface area (Å²) in [6, 6.07) is 1.38. The van der Waals surface area contributed by atoms with E-state index in [0.717, 1.165) is 29.3 Å². The lowest BCUT2D eigenvalue weighted by Crippen LogP contribution is -2.42. The number of amides is 3. The quantitative estimate of drug-likeness (QED) is 0.589. The molecular formula is C13H18N4O5. The summed E-state index contributed by atoms with van der Waals surface area (Å²) in [7, 11) is 0. The fourth-order valence-corrected chi connectivity index (χ4v) is 1.59. The van der Waals surface area contributed by atoms with Crippen molar-refractivity contribution in [1.82, 2.24) is 15.2 Å². The number of carbonyl (C=O) groups is 2. The van der Waals surface area contributed by atoms with Gasteiger partial charge in [-0.1, -0.05) is 13.8 Å². The lowest BCUT2D eigenvalue weighted by molar-refractivity contribution is -0.385. The number of nitro groups is 1. The molecule has 9 heteroatoms. The van der Waals surface area contributed by atoms with Gasteiger partial charge in [0, 0.05) is 18.7 Å². The number of imide groups is 1. The number of pyridine rings is 1. The molecular weight excluding hydrogens is 292 g/mol. The van der Waals surface area contributed by atoms with Crippen molar-refractivity contribution in [3.63, 3.8) is 0 Å². The summed E-state index contributed by atoms with van der Waals surface area (Å²) in [5, 5.41) is 15.2. The van der Waals surface area contributed by atoms with Gasteiger partial charge >= 0.3 is 6.03 Å². The normalized spacial score (nSPS) is 10.3. The van der Waals surface area contributed by atoms with Gasteiger partial charge in [0.25, 0.3) is 11.2 Å². The van der Waals surface area contributed by atoms with E-state index in [-0.39, 0.29) is 5.69 Å². The number of hydrogen-bond donors (Lipinski definition) is 2. The van der Waals surface area contributed by atoms with Gasteiger partial charge in [-0.3, -0.25) is 29.6 Å². The molecule has 22 heavy (non-hydrogen) atoms. The van der Waals surface area contributed by atoms with Crippen LogP contribution in [0.1, 0.15) is 20.3 Å². The fraction of sp³-hybridized carbons (Fsp3) is 0.462. The molecule has 9 nitrogen and oxygen atoms in total. The van der Waals surface area contributed by atoms with Crippen LogP contribution >= 0.6 is 0 Å². The number of urea groups is 1. The molecule has 2 N–H and O–H groups in total. The minimum atomic E-state index is -0.732. The van der Waals surface area contributed by atoms with Crippen LogP contribution in [0.2, 0.25) is 0 Å². The Hall–Kier alpha value is -2.71. The van der Waals surface area contributed by atoms with Crippen LogP contribution in [-0.2, 0) is 11.3 Å². The molecule has 0 radical (unpaired) electrons. The smallest absolute Gasteiger partial charge is 0.321 e. The summed E-state index contributed by atoms with van der Waals surface area (Å²) in [4.78, 5) is 44.6. The number of nitrogens with zero attached hydrogens (tertiary/aromatic N) is 2. The van der Waals surface area contributed by atoms with E-state index in [1.165, 1.54) is 0 Å². The Morgan fingerprint density at radius 1 is 1.36 bits per heavy atom. The fourth-order valence-electron chi connectivity index (χ4n) is 1.59. The first kappa shape index (κ1) is 17.3. The monoisotopic (exact) mass is 310 g/mol. The average molecular weight is 310 g/mol. The van der Waals surface area contributed by atoms with E-state index in [0.29, 0.717) is 12.5 Å². The maximum absolute atomic E-state index is 11.7. The van der Waals surface area contributed by atoms with Gasteiger partial charge in [0.2, 0.25) is 5.91 Å². The molecule has 3 amide bonds. The van der Waals surface area contributed by atoms with Crippen molar-refractivity contribution in [3.8, 4) is 0 Å². The molecule has 0 saturated carbocycles. The third-order valence-corrected chi connectivity index (χ3v) is 2.75. The van der Waals surface area contributed by atoms with Crippen LogP contribution in [0.4, 0.5) is 10.5 Å². The van der Waals surface area contributed by atoms with Crippen LogP contribution in [0.15, 0.2) is 23.1 Å². The SMILES string of the molecule is CC(C)CCNC(=O)NC(=O)Cn1cc([N+](=O)[O-])ccc1=O. The maximum Gasteiger partial charge on any atom is 0.321 e. The molecule has 0 fully saturated rings. The molecule has 1 rings (SSSR count). The maximum atomic E-state index is 11.7. The molecule has 0 saturated heterocycles. The number of hydrogen-bond acceptors (Lipinski definition) is 5. The van der Waals surface area contributed by atoms with Crippen LogP contribution in [-0.4, -0.2) is 28.0 Å². The molecule has 0 atom stereocenters. The van der Waals surface area contributed by atoms with Crippen molar-refractivity contribution in [3.05, 3.63) is 38.8 Å². The largest absolute Gasteiger partial charge is 0.338 e. The zero-order valence-electron chi connectivity index (χ0n) is 12.4. The Balaban J connectivity index is 2.58. The van der Waals surface area contributed by atoms with Gasteiger partial charge in [0.15, 0.2) is 0 Å². The van der Waals surface area contributed by atoms with Crippen molar-refractivity contribution in [2.24, 2.45) is 5.92 Å². The van der Waals surface area contributed by atoms with Gasteiger partial charge in [-0.25, -0.2) is 4.79 Å². The molecule has 0 bridgehead atoms. The molecule has 0 aliphatic carbocycles. The molecule has 1 heterocycles. The zero-order valence-corrected chi connectivity index (χ0v) is 12.4. The van der Waals surface area contributed by atoms with E-state index < -0.39 is 29.0 Å². The predicted molar refractivity (Wildman–Crippen MR) is 78.4 cm³/mol. The highest BCUT2D eigenvalue weighted by Crippen LogP contribution is 2.05. The lowest BCUT2D eigenvalue weighted by atomic mass is 10.1. The number of carbonyl (C=O) groups excluding carboxylic acids is 2. The summed E-state index contributed by atoms with van der Waals surface area (Å²) in [5.74, 6) is -0.316. The van der Waals surface area contributed by atoms with Crippen molar-refractivity contribution < 1.29 is 14.5 Å². The highest BCUT2D eigenvalue weighted by atomic mass is 16.6. The molecule has 0 aliphatic rings. The Morgan fingerprint density at radius 2 is 2.05 bits per heavy atom. The van der Waals surface area contributed by atoms with Gasteiger partial charge in [0.05, 0.1) is 11.1 Å². The molecule has 1 aromatic rings. The highest BCUT2D eigenvalue weighted by Gasteiger charge is 2.12. The number of nitrogens with one attached hydrogen (secondary N) is 2. The van der Waals surface area contributed by atoms with Crippen molar-refractivity contribution >= 4 is 17.6 Å². The van der Waals surface area contributed by atoms with Crippen LogP contribution < -0.4 is 16.2 Å². The molecule has 120 valence electrons. The molecule has 0 unspecified atom stereocenters. The second kappa shape index (κ2) is 7.91. The predicted octanol–water partition coefficient (Wildman–Crippen LogP) is 0.628. The van der Waals surface area contributed by atoms with E-state index in [1.54, 1.807) is 0 Å². The summed E-state index contributed by atoms with van der Waals surface area (Å²) >= 11 is 0. The second-order valence-corrected chi connectivity index (χ2v) is 5.10. The molecule has 0 spiro atoms. The summed E-state index contributed by atoms with van der Waals surface area (Å²) in [5.41, 5.74) is -0.880. The number of aromatic nitrogens is 1. The van der Waals surface area contributed by atoms with Crippen LogP contribution in [0.25, 0.3) is 0 Å². The minimum Gasteiger partial charge on any atom is -0.338 e. The van der Waals surface area contributed by atoms with Crippen molar-refractivity contribution in [1.29, 1.82) is 0 Å². The lowest BCUT2D eigenvalue weighted by Gasteiger charge is -2.09. The Bertz CT molecular complexity index is 623. The van der Waals surface area contributed by atoms with Crippen molar-refractivity contribution in [2.45, 2.75) is 26.8 Å². The minimum absolute atomic E-state index is 0.311. The van der Waals surface area contributed by atoms with E-state index in [1.807, 2.05) is 13.8 Å². The van der Waals surface area contributed by atoms with Gasteiger partial charge in [-0.2, -0.15) is 0 Å². The van der Waals surface area contributed by atoms with E-state index in [4.69, 9.17) is 0 Å². The molecule has 0 aromatic carbocycles. The van der Waals surface area contributed by atoms with Gasteiger partial charge in [-0.05, 0) is 12.3 Å².